The first kappa shape index (κ1) is 19.8. The molecule has 1 aliphatic rings. The predicted octanol–water partition coefficient (Wildman–Crippen LogP) is 1.39. The number of rotatable bonds is 5. The van der Waals surface area contributed by atoms with Crippen molar-refractivity contribution in [3.8, 4) is 5.69 Å². The number of hydrogen-bond donors (Lipinski definition) is 1. The second-order valence-electron chi connectivity index (χ2n) is 6.84. The Morgan fingerprint density at radius 1 is 1.00 bits per heavy atom. The van der Waals surface area contributed by atoms with Gasteiger partial charge >= 0.3 is 0 Å². The molecule has 9 nitrogen and oxygen atoms in total. The van der Waals surface area contributed by atoms with Gasteiger partial charge in [-0.3, -0.25) is 9.59 Å². The molecular weight excluding hydrogens is 406 g/mol. The molecule has 0 saturated carbocycles. The monoisotopic (exact) mass is 425 g/mol. The Morgan fingerprint density at radius 2 is 1.77 bits per heavy atom. The molecule has 30 heavy (non-hydrogen) atoms. The van der Waals surface area contributed by atoms with E-state index in [1.807, 2.05) is 24.3 Å². The molecule has 3 aromatic rings. The van der Waals surface area contributed by atoms with E-state index >= 15 is 0 Å². The van der Waals surface area contributed by atoms with Crippen LogP contribution in [0.1, 0.15) is 10.4 Å². The minimum absolute atomic E-state index is 0.0505. The number of tetrazole rings is 1. The highest BCUT2D eigenvalue weighted by Crippen LogP contribution is 2.20. The fourth-order valence-corrected chi connectivity index (χ4v) is 3.51. The highest BCUT2D eigenvalue weighted by atomic mass is 35.5. The number of nitrogens with zero attached hydrogens (tertiary/aromatic N) is 6. The summed E-state index contributed by atoms with van der Waals surface area (Å²) in [5, 5.41) is 14.4. The molecule has 1 fully saturated rings. The molecule has 0 atom stereocenters. The number of halogens is 1. The Labute approximate surface area is 178 Å². The summed E-state index contributed by atoms with van der Waals surface area (Å²) in [5.41, 5.74) is 2.14. The van der Waals surface area contributed by atoms with Crippen LogP contribution in [-0.4, -0.2) is 69.6 Å². The minimum atomic E-state index is -0.323. The largest absolute Gasteiger partial charge is 0.368 e. The standard InChI is InChI=1S/C20H20ClN7O2/c21-16-4-2-5-17(12-16)26-7-9-27(10-8-26)19(29)13-22-20(30)15-3-1-6-18(11-15)28-14-23-24-25-28/h1-6,11-12,14H,7-10,13H2,(H,22,30). The van der Waals surface area contributed by atoms with Gasteiger partial charge in [0.05, 0.1) is 12.2 Å². The van der Waals surface area contributed by atoms with E-state index in [1.54, 1.807) is 29.2 Å². The first-order chi connectivity index (χ1) is 14.6. The zero-order chi connectivity index (χ0) is 20.9. The zero-order valence-corrected chi connectivity index (χ0v) is 16.9. The van der Waals surface area contributed by atoms with E-state index in [0.29, 0.717) is 42.5 Å². The maximum Gasteiger partial charge on any atom is 0.251 e. The predicted molar refractivity (Wildman–Crippen MR) is 112 cm³/mol. The van der Waals surface area contributed by atoms with Gasteiger partial charge in [-0.1, -0.05) is 23.7 Å². The quantitative estimate of drug-likeness (QED) is 0.663. The summed E-state index contributed by atoms with van der Waals surface area (Å²) < 4.78 is 1.46. The number of nitrogens with one attached hydrogen (secondary N) is 1. The van der Waals surface area contributed by atoms with Gasteiger partial charge in [-0.05, 0) is 46.8 Å². The van der Waals surface area contributed by atoms with Gasteiger partial charge in [-0.15, -0.1) is 5.10 Å². The van der Waals surface area contributed by atoms with Crippen molar-refractivity contribution in [3.63, 3.8) is 0 Å². The lowest BCUT2D eigenvalue weighted by atomic mass is 10.2. The van der Waals surface area contributed by atoms with Gasteiger partial charge in [-0.25, -0.2) is 4.68 Å². The third kappa shape index (κ3) is 4.57. The summed E-state index contributed by atoms with van der Waals surface area (Å²) in [6, 6.07) is 14.6. The number of piperazine rings is 1. The van der Waals surface area contributed by atoms with Gasteiger partial charge in [0.2, 0.25) is 5.91 Å². The van der Waals surface area contributed by atoms with Crippen molar-refractivity contribution < 1.29 is 9.59 Å². The molecule has 1 N–H and O–H groups in total. The molecule has 2 amide bonds. The number of amides is 2. The Hall–Kier alpha value is -3.46. The summed E-state index contributed by atoms with van der Waals surface area (Å²) in [4.78, 5) is 28.9. The van der Waals surface area contributed by atoms with E-state index < -0.39 is 0 Å². The first-order valence-corrected chi connectivity index (χ1v) is 9.88. The Morgan fingerprint density at radius 3 is 2.50 bits per heavy atom. The van der Waals surface area contributed by atoms with Crippen molar-refractivity contribution in [2.24, 2.45) is 0 Å². The van der Waals surface area contributed by atoms with Gasteiger partial charge in [0.15, 0.2) is 0 Å². The van der Waals surface area contributed by atoms with E-state index in [2.05, 4.69) is 25.7 Å². The van der Waals surface area contributed by atoms with Gasteiger partial charge in [-0.2, -0.15) is 0 Å². The van der Waals surface area contributed by atoms with Crippen LogP contribution in [0.5, 0.6) is 0 Å². The van der Waals surface area contributed by atoms with E-state index in [4.69, 9.17) is 11.6 Å². The fraction of sp³-hybridized carbons (Fsp3) is 0.250. The molecule has 1 saturated heterocycles. The van der Waals surface area contributed by atoms with E-state index in [0.717, 1.165) is 5.69 Å². The Kier molecular flexibility index (Phi) is 5.89. The Balaban J connectivity index is 1.29. The van der Waals surface area contributed by atoms with Gasteiger partial charge in [0.1, 0.15) is 6.33 Å². The van der Waals surface area contributed by atoms with Crippen LogP contribution in [0.15, 0.2) is 54.9 Å². The number of carbonyl (C=O) groups excluding carboxylic acids is 2. The van der Waals surface area contributed by atoms with Crippen molar-refractivity contribution >= 4 is 29.1 Å². The highest BCUT2D eigenvalue weighted by molar-refractivity contribution is 6.30. The lowest BCUT2D eigenvalue weighted by Gasteiger charge is -2.36. The number of aromatic nitrogens is 4. The van der Waals surface area contributed by atoms with Crippen molar-refractivity contribution in [2.45, 2.75) is 0 Å². The molecule has 10 heteroatoms. The van der Waals surface area contributed by atoms with Crippen LogP contribution >= 0.6 is 11.6 Å². The molecule has 154 valence electrons. The molecule has 0 aliphatic carbocycles. The third-order valence-electron chi connectivity index (χ3n) is 4.93. The van der Waals surface area contributed by atoms with Crippen LogP contribution in [0.3, 0.4) is 0 Å². The van der Waals surface area contributed by atoms with Gasteiger partial charge in [0.25, 0.3) is 5.91 Å². The summed E-state index contributed by atoms with van der Waals surface area (Å²) in [7, 11) is 0. The van der Waals surface area contributed by atoms with Crippen LogP contribution in [0, 0.1) is 0 Å². The van der Waals surface area contributed by atoms with E-state index in [9.17, 15) is 9.59 Å². The lowest BCUT2D eigenvalue weighted by molar-refractivity contribution is -0.130. The van der Waals surface area contributed by atoms with Gasteiger partial charge in [0, 0.05) is 42.5 Å². The van der Waals surface area contributed by atoms with Crippen molar-refractivity contribution in [3.05, 3.63) is 65.4 Å². The summed E-state index contributed by atoms with van der Waals surface area (Å²) >= 11 is 6.06. The fourth-order valence-electron chi connectivity index (χ4n) is 3.33. The molecular formula is C20H20ClN7O2. The van der Waals surface area contributed by atoms with E-state index in [-0.39, 0.29) is 18.4 Å². The maximum atomic E-state index is 12.5. The third-order valence-corrected chi connectivity index (χ3v) is 5.16. The molecule has 4 rings (SSSR count). The van der Waals surface area contributed by atoms with Crippen LogP contribution in [0.25, 0.3) is 5.69 Å². The second-order valence-corrected chi connectivity index (χ2v) is 7.27. The maximum absolute atomic E-state index is 12.5. The van der Waals surface area contributed by atoms with E-state index in [1.165, 1.54) is 11.0 Å². The second kappa shape index (κ2) is 8.91. The minimum Gasteiger partial charge on any atom is -0.368 e. The topological polar surface area (TPSA) is 96.2 Å². The average Bonchev–Trinajstić information content (AvgIpc) is 3.32. The molecule has 0 unspecified atom stereocenters. The summed E-state index contributed by atoms with van der Waals surface area (Å²) in [6.07, 6.45) is 1.45. The normalized spacial score (nSPS) is 13.9. The average molecular weight is 426 g/mol. The zero-order valence-electron chi connectivity index (χ0n) is 16.1. The van der Waals surface area contributed by atoms with Crippen LogP contribution < -0.4 is 10.2 Å². The van der Waals surface area contributed by atoms with Crippen LogP contribution in [0.2, 0.25) is 5.02 Å². The number of anilines is 1. The SMILES string of the molecule is O=C(NCC(=O)N1CCN(c2cccc(Cl)c2)CC1)c1cccc(-n2cnnn2)c1. The van der Waals surface area contributed by atoms with Crippen LogP contribution in [-0.2, 0) is 4.79 Å². The molecule has 2 heterocycles. The molecule has 2 aromatic carbocycles. The number of benzene rings is 2. The number of carbonyl (C=O) groups is 2. The highest BCUT2D eigenvalue weighted by Gasteiger charge is 2.22. The van der Waals surface area contributed by atoms with Crippen molar-refractivity contribution in [1.29, 1.82) is 0 Å². The Bertz CT molecular complexity index is 1030. The first-order valence-electron chi connectivity index (χ1n) is 9.50. The van der Waals surface area contributed by atoms with Crippen molar-refractivity contribution in [1.82, 2.24) is 30.4 Å². The summed E-state index contributed by atoms with van der Waals surface area (Å²) in [6.45, 7) is 2.57. The molecule has 0 spiro atoms. The summed E-state index contributed by atoms with van der Waals surface area (Å²) in [5.74, 6) is -0.429. The number of hydrogen-bond acceptors (Lipinski definition) is 6. The van der Waals surface area contributed by atoms with Crippen molar-refractivity contribution in [2.75, 3.05) is 37.6 Å². The molecule has 1 aliphatic heterocycles. The van der Waals surface area contributed by atoms with Crippen LogP contribution in [0.4, 0.5) is 5.69 Å². The smallest absolute Gasteiger partial charge is 0.251 e. The molecule has 1 aromatic heterocycles. The molecule has 0 radical (unpaired) electrons. The molecule has 0 bridgehead atoms. The van der Waals surface area contributed by atoms with Gasteiger partial charge < -0.3 is 15.1 Å². The lowest BCUT2D eigenvalue weighted by Crippen LogP contribution is -2.51.